The van der Waals surface area contributed by atoms with E-state index in [4.69, 9.17) is 9.47 Å². The number of hydrogen-bond acceptors (Lipinski definition) is 3. The number of hydrogen-bond donors (Lipinski definition) is 0. The van der Waals surface area contributed by atoms with Gasteiger partial charge in [-0.2, -0.15) is 0 Å². The van der Waals surface area contributed by atoms with E-state index in [-0.39, 0.29) is 6.09 Å². The van der Waals surface area contributed by atoms with Gasteiger partial charge in [0.05, 0.1) is 13.4 Å². The van der Waals surface area contributed by atoms with Crippen molar-refractivity contribution >= 4 is 6.09 Å². The molecule has 1 unspecified atom stereocenters. The first-order valence-electron chi connectivity index (χ1n) is 7.07. The molecule has 0 saturated carbocycles. The topological polar surface area (TPSA) is 38.8 Å². The van der Waals surface area contributed by atoms with Gasteiger partial charge in [0.15, 0.2) is 0 Å². The predicted molar refractivity (Wildman–Crippen MR) is 75.9 cm³/mol. The van der Waals surface area contributed by atoms with E-state index >= 15 is 0 Å². The van der Waals surface area contributed by atoms with Crippen LogP contribution in [-0.2, 0) is 9.47 Å². The zero-order chi connectivity index (χ0) is 14.5. The minimum atomic E-state index is -0.431. The highest BCUT2D eigenvalue weighted by atomic mass is 16.6. The molecule has 1 amide bonds. The number of methoxy groups -OCH3 is 1. The Labute approximate surface area is 116 Å². The Morgan fingerprint density at radius 3 is 2.63 bits per heavy atom. The fourth-order valence-corrected chi connectivity index (χ4v) is 2.39. The minimum absolute atomic E-state index is 0.204. The van der Waals surface area contributed by atoms with E-state index in [9.17, 15) is 4.79 Å². The van der Waals surface area contributed by atoms with Crippen molar-refractivity contribution in [3.63, 3.8) is 0 Å². The van der Waals surface area contributed by atoms with Gasteiger partial charge in [0.1, 0.15) is 5.60 Å². The van der Waals surface area contributed by atoms with Gasteiger partial charge in [-0.25, -0.2) is 4.79 Å². The molecule has 4 heteroatoms. The van der Waals surface area contributed by atoms with Crippen LogP contribution in [0.5, 0.6) is 0 Å². The maximum absolute atomic E-state index is 12.1. The average molecular weight is 269 g/mol. The first kappa shape index (κ1) is 15.9. The Bertz CT molecular complexity index is 331. The lowest BCUT2D eigenvalue weighted by Crippen LogP contribution is -2.43. The lowest BCUT2D eigenvalue weighted by atomic mass is 9.90. The third-order valence-corrected chi connectivity index (χ3v) is 3.27. The van der Waals surface area contributed by atoms with Crippen LogP contribution in [0.25, 0.3) is 0 Å². The maximum atomic E-state index is 12.1. The van der Waals surface area contributed by atoms with E-state index in [1.54, 1.807) is 7.11 Å². The predicted octanol–water partition coefficient (Wildman–Crippen LogP) is 3.57. The molecular formula is C15H27NO3. The summed E-state index contributed by atoms with van der Waals surface area (Å²) in [5.74, 6) is 0.395. The quantitative estimate of drug-likeness (QED) is 0.735. The van der Waals surface area contributed by atoms with Crippen LogP contribution in [0.4, 0.5) is 4.79 Å². The van der Waals surface area contributed by atoms with Crippen molar-refractivity contribution in [3.05, 3.63) is 11.8 Å². The number of amides is 1. The van der Waals surface area contributed by atoms with Crippen LogP contribution in [0.2, 0.25) is 0 Å². The number of ether oxygens (including phenoxy) is 2. The molecule has 1 saturated heterocycles. The molecule has 0 bridgehead atoms. The molecule has 1 atom stereocenters. The zero-order valence-corrected chi connectivity index (χ0v) is 12.9. The highest BCUT2D eigenvalue weighted by Crippen LogP contribution is 2.26. The second-order valence-corrected chi connectivity index (χ2v) is 6.05. The van der Waals surface area contributed by atoms with Crippen molar-refractivity contribution in [2.75, 3.05) is 20.2 Å². The van der Waals surface area contributed by atoms with Crippen LogP contribution in [0, 0.1) is 5.92 Å². The summed E-state index contributed by atoms with van der Waals surface area (Å²) in [5, 5.41) is 0. The molecule has 4 nitrogen and oxygen atoms in total. The van der Waals surface area contributed by atoms with Crippen LogP contribution in [-0.4, -0.2) is 36.8 Å². The molecule has 1 heterocycles. The molecule has 0 spiro atoms. The largest absolute Gasteiger partial charge is 0.504 e. The van der Waals surface area contributed by atoms with Gasteiger partial charge in [-0.1, -0.05) is 6.92 Å². The lowest BCUT2D eigenvalue weighted by molar-refractivity contribution is 0.0180. The van der Waals surface area contributed by atoms with E-state index in [1.807, 2.05) is 31.9 Å². The van der Waals surface area contributed by atoms with Crippen molar-refractivity contribution in [2.45, 2.75) is 52.6 Å². The van der Waals surface area contributed by atoms with Gasteiger partial charge < -0.3 is 14.4 Å². The maximum Gasteiger partial charge on any atom is 0.410 e. The van der Waals surface area contributed by atoms with E-state index in [0.29, 0.717) is 5.92 Å². The molecule has 0 aromatic heterocycles. The molecular weight excluding hydrogens is 242 g/mol. The van der Waals surface area contributed by atoms with Crippen molar-refractivity contribution < 1.29 is 14.3 Å². The molecule has 0 aromatic carbocycles. The number of likely N-dealkylation sites (tertiary alicyclic amines) is 1. The molecule has 0 aliphatic carbocycles. The van der Waals surface area contributed by atoms with Crippen LogP contribution in [0.1, 0.15) is 47.0 Å². The number of rotatable bonds is 3. The molecule has 1 aliphatic heterocycles. The summed E-state index contributed by atoms with van der Waals surface area (Å²) in [6, 6.07) is 0. The standard InChI is InChI=1S/C15H27NO3/c1-6-12(11-18-5)13-8-7-9-16(10-13)14(17)19-15(2,3)4/h11,13H,6-10H2,1-5H3. The monoisotopic (exact) mass is 269 g/mol. The fraction of sp³-hybridized carbons (Fsp3) is 0.800. The van der Waals surface area contributed by atoms with Crippen molar-refractivity contribution in [1.82, 2.24) is 4.90 Å². The van der Waals surface area contributed by atoms with E-state index in [1.165, 1.54) is 5.57 Å². The number of nitrogens with zero attached hydrogens (tertiary/aromatic N) is 1. The summed E-state index contributed by atoms with van der Waals surface area (Å²) in [5.41, 5.74) is 0.843. The van der Waals surface area contributed by atoms with Crippen molar-refractivity contribution in [2.24, 2.45) is 5.92 Å². The summed E-state index contributed by atoms with van der Waals surface area (Å²) in [6.45, 7) is 9.34. The van der Waals surface area contributed by atoms with E-state index in [2.05, 4.69) is 6.92 Å². The summed E-state index contributed by atoms with van der Waals surface area (Å²) in [4.78, 5) is 13.9. The molecule has 0 radical (unpaired) electrons. The molecule has 1 aliphatic rings. The summed E-state index contributed by atoms with van der Waals surface area (Å²) >= 11 is 0. The van der Waals surface area contributed by atoms with Crippen LogP contribution in [0.15, 0.2) is 11.8 Å². The number of carbonyl (C=O) groups excluding carboxylic acids is 1. The highest BCUT2D eigenvalue weighted by molar-refractivity contribution is 5.68. The van der Waals surface area contributed by atoms with Gasteiger partial charge >= 0.3 is 6.09 Å². The molecule has 19 heavy (non-hydrogen) atoms. The molecule has 0 N–H and O–H groups in total. The first-order chi connectivity index (χ1) is 8.87. The molecule has 1 rings (SSSR count). The first-order valence-corrected chi connectivity index (χ1v) is 7.07. The van der Waals surface area contributed by atoms with E-state index in [0.717, 1.165) is 32.4 Å². The van der Waals surface area contributed by atoms with Gasteiger partial charge in [-0.3, -0.25) is 0 Å². The number of carbonyl (C=O) groups is 1. The Balaban J connectivity index is 2.64. The van der Waals surface area contributed by atoms with Gasteiger partial charge in [-0.15, -0.1) is 0 Å². The second kappa shape index (κ2) is 6.83. The Morgan fingerprint density at radius 2 is 2.11 bits per heavy atom. The third-order valence-electron chi connectivity index (χ3n) is 3.27. The van der Waals surface area contributed by atoms with Gasteiger partial charge in [0.25, 0.3) is 0 Å². The normalized spacial score (nSPS) is 21.2. The Morgan fingerprint density at radius 1 is 1.42 bits per heavy atom. The van der Waals surface area contributed by atoms with Gasteiger partial charge in [0.2, 0.25) is 0 Å². The van der Waals surface area contributed by atoms with Crippen LogP contribution >= 0.6 is 0 Å². The number of piperidine rings is 1. The summed E-state index contributed by atoms with van der Waals surface area (Å²) < 4.78 is 10.6. The SMILES string of the molecule is CCC(=COC)C1CCCN(C(=O)OC(C)(C)C)C1. The van der Waals surface area contributed by atoms with Gasteiger partial charge in [-0.05, 0) is 45.6 Å². The second-order valence-electron chi connectivity index (χ2n) is 6.05. The molecule has 1 fully saturated rings. The zero-order valence-electron chi connectivity index (χ0n) is 12.9. The van der Waals surface area contributed by atoms with Crippen LogP contribution < -0.4 is 0 Å². The molecule has 0 aromatic rings. The smallest absolute Gasteiger partial charge is 0.410 e. The van der Waals surface area contributed by atoms with Crippen LogP contribution in [0.3, 0.4) is 0 Å². The average Bonchev–Trinajstić information content (AvgIpc) is 2.34. The fourth-order valence-electron chi connectivity index (χ4n) is 2.39. The van der Waals surface area contributed by atoms with Gasteiger partial charge in [0, 0.05) is 19.0 Å². The Hall–Kier alpha value is -1.19. The minimum Gasteiger partial charge on any atom is -0.504 e. The van der Waals surface area contributed by atoms with Crippen molar-refractivity contribution in [1.29, 1.82) is 0 Å². The van der Waals surface area contributed by atoms with Crippen molar-refractivity contribution in [3.8, 4) is 0 Å². The summed E-state index contributed by atoms with van der Waals surface area (Å²) in [7, 11) is 1.67. The Kier molecular flexibility index (Phi) is 5.70. The summed E-state index contributed by atoms with van der Waals surface area (Å²) in [6.07, 6.45) is 4.71. The highest BCUT2D eigenvalue weighted by Gasteiger charge is 2.28. The molecule has 110 valence electrons. The third kappa shape index (κ3) is 5.13. The lowest BCUT2D eigenvalue weighted by Gasteiger charge is -2.34. The van der Waals surface area contributed by atoms with E-state index < -0.39 is 5.60 Å².